The summed E-state index contributed by atoms with van der Waals surface area (Å²) in [7, 11) is 0. The van der Waals surface area contributed by atoms with Crippen molar-refractivity contribution in [3.8, 4) is 10.4 Å². The van der Waals surface area contributed by atoms with Gasteiger partial charge in [0.2, 0.25) is 17.7 Å². The zero-order chi connectivity index (χ0) is 31.6. The SMILES string of the molecule is Cc1ncsc1-c1ccc(C(C)NC(=O)[C@@H]2C[C@@H](O)CN2C(=O)C(NC(=O)CCCCCCCCCO)C(C)(C)C)cc1. The van der Waals surface area contributed by atoms with Gasteiger partial charge >= 0.3 is 0 Å². The third-order valence-electron chi connectivity index (χ3n) is 8.12. The van der Waals surface area contributed by atoms with Crippen molar-refractivity contribution < 1.29 is 24.6 Å². The fourth-order valence-corrected chi connectivity index (χ4v) is 6.34. The smallest absolute Gasteiger partial charge is 0.246 e. The number of aliphatic hydroxyl groups excluding tert-OH is 2. The molecule has 1 aliphatic heterocycles. The quantitative estimate of drug-likeness (QED) is 0.211. The summed E-state index contributed by atoms with van der Waals surface area (Å²) in [5.41, 5.74) is 4.23. The molecule has 43 heavy (non-hydrogen) atoms. The average Bonchev–Trinajstić information content (AvgIpc) is 3.57. The van der Waals surface area contributed by atoms with Crippen molar-refractivity contribution in [2.75, 3.05) is 13.2 Å². The lowest BCUT2D eigenvalue weighted by molar-refractivity contribution is -0.144. The van der Waals surface area contributed by atoms with Crippen LogP contribution in [0.2, 0.25) is 0 Å². The van der Waals surface area contributed by atoms with E-state index in [1.165, 1.54) is 4.90 Å². The van der Waals surface area contributed by atoms with Gasteiger partial charge in [-0.3, -0.25) is 14.4 Å². The van der Waals surface area contributed by atoms with Crippen molar-refractivity contribution in [3.05, 3.63) is 41.0 Å². The number of β-amino-alcohol motifs (C(OH)–C–C–N with tert-alkyl or cyclic N) is 1. The number of rotatable bonds is 15. The zero-order valence-electron chi connectivity index (χ0n) is 26.4. The molecule has 2 unspecified atom stereocenters. The van der Waals surface area contributed by atoms with Gasteiger partial charge in [0.1, 0.15) is 12.1 Å². The molecule has 0 aliphatic carbocycles. The van der Waals surface area contributed by atoms with E-state index in [4.69, 9.17) is 5.11 Å². The van der Waals surface area contributed by atoms with E-state index in [0.29, 0.717) is 6.42 Å². The molecule has 1 fully saturated rings. The van der Waals surface area contributed by atoms with Crippen molar-refractivity contribution in [2.45, 2.75) is 117 Å². The Morgan fingerprint density at radius 3 is 2.23 bits per heavy atom. The molecule has 10 heteroatoms. The first kappa shape index (κ1) is 34.7. The van der Waals surface area contributed by atoms with Crippen LogP contribution in [0.5, 0.6) is 0 Å². The summed E-state index contributed by atoms with van der Waals surface area (Å²) in [5.74, 6) is -0.851. The summed E-state index contributed by atoms with van der Waals surface area (Å²) in [4.78, 5) is 47.0. The molecule has 4 atom stereocenters. The third kappa shape index (κ3) is 10.1. The van der Waals surface area contributed by atoms with Crippen LogP contribution in [-0.2, 0) is 14.4 Å². The van der Waals surface area contributed by atoms with E-state index in [0.717, 1.165) is 66.6 Å². The molecule has 238 valence electrons. The second-order valence-electron chi connectivity index (χ2n) is 12.8. The van der Waals surface area contributed by atoms with E-state index in [-0.39, 0.29) is 43.3 Å². The van der Waals surface area contributed by atoms with Gasteiger partial charge in [-0.1, -0.05) is 77.1 Å². The van der Waals surface area contributed by atoms with Crippen molar-refractivity contribution in [3.63, 3.8) is 0 Å². The van der Waals surface area contributed by atoms with Crippen molar-refractivity contribution in [1.82, 2.24) is 20.5 Å². The van der Waals surface area contributed by atoms with Crippen molar-refractivity contribution in [1.29, 1.82) is 0 Å². The Morgan fingerprint density at radius 1 is 1.02 bits per heavy atom. The molecule has 3 rings (SSSR count). The van der Waals surface area contributed by atoms with Crippen LogP contribution in [0.4, 0.5) is 0 Å². The number of benzene rings is 1. The maximum atomic E-state index is 13.8. The Labute approximate surface area is 260 Å². The van der Waals surface area contributed by atoms with Gasteiger partial charge in [0.25, 0.3) is 0 Å². The Hall–Kier alpha value is -2.82. The van der Waals surface area contributed by atoms with E-state index >= 15 is 0 Å². The van der Waals surface area contributed by atoms with Crippen LogP contribution < -0.4 is 10.6 Å². The zero-order valence-corrected chi connectivity index (χ0v) is 27.2. The number of aliphatic hydroxyl groups is 2. The number of amides is 3. The number of likely N-dealkylation sites (tertiary alicyclic amines) is 1. The highest BCUT2D eigenvalue weighted by atomic mass is 32.1. The summed E-state index contributed by atoms with van der Waals surface area (Å²) in [6.07, 6.45) is 6.42. The number of thiazole rings is 1. The normalized spacial score (nSPS) is 18.3. The number of nitrogens with zero attached hydrogens (tertiary/aromatic N) is 2. The van der Waals surface area contributed by atoms with Gasteiger partial charge in [0.05, 0.1) is 28.2 Å². The van der Waals surface area contributed by atoms with E-state index in [9.17, 15) is 19.5 Å². The van der Waals surface area contributed by atoms with Gasteiger partial charge in [-0.05, 0) is 43.2 Å². The fourth-order valence-electron chi connectivity index (χ4n) is 5.53. The van der Waals surface area contributed by atoms with Gasteiger partial charge in [-0.15, -0.1) is 11.3 Å². The maximum absolute atomic E-state index is 13.8. The Kier molecular flexibility index (Phi) is 13.1. The minimum Gasteiger partial charge on any atom is -0.396 e. The van der Waals surface area contributed by atoms with Gasteiger partial charge in [-0.2, -0.15) is 0 Å². The van der Waals surface area contributed by atoms with E-state index in [1.54, 1.807) is 11.3 Å². The Balaban J connectivity index is 1.58. The monoisotopic (exact) mass is 614 g/mol. The number of unbranched alkanes of at least 4 members (excludes halogenated alkanes) is 6. The molecule has 1 aliphatic rings. The molecule has 0 bridgehead atoms. The minimum absolute atomic E-state index is 0.0485. The predicted octanol–water partition coefficient (Wildman–Crippen LogP) is 4.90. The molecule has 1 saturated heterocycles. The second kappa shape index (κ2) is 16.3. The summed E-state index contributed by atoms with van der Waals surface area (Å²) >= 11 is 1.59. The molecule has 0 saturated carbocycles. The number of carbonyl (C=O) groups is 3. The Morgan fingerprint density at radius 2 is 1.65 bits per heavy atom. The summed E-state index contributed by atoms with van der Waals surface area (Å²) < 4.78 is 0. The molecule has 1 aromatic carbocycles. The molecule has 0 radical (unpaired) electrons. The molecule has 4 N–H and O–H groups in total. The summed E-state index contributed by atoms with van der Waals surface area (Å²) in [6.45, 7) is 9.84. The van der Waals surface area contributed by atoms with Crippen LogP contribution in [-0.4, -0.2) is 69.2 Å². The first-order valence-corrected chi connectivity index (χ1v) is 16.5. The molecule has 0 spiro atoms. The van der Waals surface area contributed by atoms with Crippen LogP contribution in [0.15, 0.2) is 29.8 Å². The standard InChI is InChI=1S/C33H50N4O5S/c1-22(24-14-16-25(17-15-24)29-23(2)34-21-43-29)35-31(41)27-19-26(39)20-37(27)32(42)30(33(3,4)5)36-28(40)13-11-9-7-6-8-10-12-18-38/h14-17,21-22,26-27,30,38-39H,6-13,18-20H2,1-5H3,(H,35,41)(H,36,40)/t22?,26-,27+,30?/m1/s1. The minimum atomic E-state index is -0.823. The average molecular weight is 615 g/mol. The highest BCUT2D eigenvalue weighted by molar-refractivity contribution is 7.13. The number of carbonyl (C=O) groups excluding carboxylic acids is 3. The largest absolute Gasteiger partial charge is 0.396 e. The van der Waals surface area contributed by atoms with E-state index in [1.807, 2.05) is 64.4 Å². The van der Waals surface area contributed by atoms with Crippen molar-refractivity contribution in [2.24, 2.45) is 5.41 Å². The lowest BCUT2D eigenvalue weighted by Crippen LogP contribution is -2.57. The molecule has 9 nitrogen and oxygen atoms in total. The first-order valence-electron chi connectivity index (χ1n) is 15.6. The molecule has 3 amide bonds. The maximum Gasteiger partial charge on any atom is 0.246 e. The molecular formula is C33H50N4O5S. The number of hydrogen-bond donors (Lipinski definition) is 4. The number of nitrogens with one attached hydrogen (secondary N) is 2. The van der Waals surface area contributed by atoms with Crippen LogP contribution in [0.1, 0.15) is 103 Å². The number of aryl methyl sites for hydroxylation is 1. The van der Waals surface area contributed by atoms with Gasteiger partial charge in [0.15, 0.2) is 0 Å². The van der Waals surface area contributed by atoms with E-state index in [2.05, 4.69) is 15.6 Å². The molecule has 2 heterocycles. The van der Waals surface area contributed by atoms with Gasteiger partial charge in [0, 0.05) is 26.0 Å². The molecular weight excluding hydrogens is 564 g/mol. The topological polar surface area (TPSA) is 132 Å². The third-order valence-corrected chi connectivity index (χ3v) is 9.10. The lowest BCUT2D eigenvalue weighted by Gasteiger charge is -2.35. The summed E-state index contributed by atoms with van der Waals surface area (Å²) in [5, 5.41) is 25.3. The summed E-state index contributed by atoms with van der Waals surface area (Å²) in [6, 6.07) is 6.05. The van der Waals surface area contributed by atoms with Crippen molar-refractivity contribution >= 4 is 29.1 Å². The van der Waals surface area contributed by atoms with Gasteiger partial charge in [-0.25, -0.2) is 4.98 Å². The lowest BCUT2D eigenvalue weighted by atomic mass is 9.85. The molecule has 1 aromatic heterocycles. The number of hydrogen-bond acceptors (Lipinski definition) is 7. The van der Waals surface area contributed by atoms with Gasteiger partial charge < -0.3 is 25.7 Å². The number of aromatic nitrogens is 1. The first-order chi connectivity index (χ1) is 20.4. The van der Waals surface area contributed by atoms with Crippen LogP contribution in [0, 0.1) is 12.3 Å². The Bertz CT molecular complexity index is 1190. The fraction of sp³-hybridized carbons (Fsp3) is 0.636. The van der Waals surface area contributed by atoms with Crippen LogP contribution in [0.3, 0.4) is 0 Å². The van der Waals surface area contributed by atoms with Crippen LogP contribution >= 0.6 is 11.3 Å². The van der Waals surface area contributed by atoms with Crippen LogP contribution in [0.25, 0.3) is 10.4 Å². The van der Waals surface area contributed by atoms with E-state index < -0.39 is 23.6 Å². The molecule has 2 aromatic rings. The highest BCUT2D eigenvalue weighted by Gasteiger charge is 2.44. The predicted molar refractivity (Wildman–Crippen MR) is 170 cm³/mol. The second-order valence-corrected chi connectivity index (χ2v) is 13.7. The highest BCUT2D eigenvalue weighted by Crippen LogP contribution is 2.29.